The molecular weight excluding hydrogens is 237 g/mol. The number of rotatable bonds is 4. The number of hydrogen-bond acceptors (Lipinski definition) is 2. The van der Waals surface area contributed by atoms with Gasteiger partial charge in [-0.2, -0.15) is 0 Å². The van der Waals surface area contributed by atoms with Crippen LogP contribution >= 0.6 is 0 Å². The largest absolute Gasteiger partial charge is 0.480 e. The van der Waals surface area contributed by atoms with Gasteiger partial charge in [-0.05, 0) is 24.5 Å². The second kappa shape index (κ2) is 5.62. The van der Waals surface area contributed by atoms with Crippen LogP contribution in [-0.4, -0.2) is 23.0 Å². The minimum atomic E-state index is -1.13. The first-order chi connectivity index (χ1) is 8.34. The molecule has 1 amide bonds. The number of carboxylic acids is 1. The van der Waals surface area contributed by atoms with Crippen LogP contribution < -0.4 is 5.32 Å². The first-order valence-electron chi connectivity index (χ1n) is 5.63. The number of aryl methyl sites for hydroxylation is 1. The number of nitrogens with one attached hydrogen (secondary N) is 1. The van der Waals surface area contributed by atoms with Gasteiger partial charge in [0.1, 0.15) is 11.9 Å². The highest BCUT2D eigenvalue weighted by atomic mass is 19.1. The Balaban J connectivity index is 2.94. The van der Waals surface area contributed by atoms with E-state index < -0.39 is 23.7 Å². The molecule has 0 aliphatic rings. The van der Waals surface area contributed by atoms with Crippen LogP contribution in [0, 0.1) is 18.7 Å². The fraction of sp³-hybridized carbons (Fsp3) is 0.385. The van der Waals surface area contributed by atoms with Gasteiger partial charge < -0.3 is 10.4 Å². The molecular formula is C13H16FNO3. The third-order valence-corrected chi connectivity index (χ3v) is 2.66. The lowest BCUT2D eigenvalue weighted by Crippen LogP contribution is -2.44. The number of carboxylic acid groups (broad SMARTS) is 1. The summed E-state index contributed by atoms with van der Waals surface area (Å²) in [5.41, 5.74) is 0.209. The molecule has 18 heavy (non-hydrogen) atoms. The van der Waals surface area contributed by atoms with Crippen molar-refractivity contribution in [1.82, 2.24) is 5.32 Å². The zero-order valence-corrected chi connectivity index (χ0v) is 10.5. The molecule has 0 bridgehead atoms. The van der Waals surface area contributed by atoms with Crippen molar-refractivity contribution in [3.8, 4) is 0 Å². The molecule has 0 radical (unpaired) electrons. The molecule has 1 rings (SSSR count). The Bertz CT molecular complexity index is 471. The minimum Gasteiger partial charge on any atom is -0.480 e. The predicted octanol–water partition coefficient (Wildman–Crippen LogP) is 1.97. The van der Waals surface area contributed by atoms with E-state index in [-0.39, 0.29) is 11.5 Å². The van der Waals surface area contributed by atoms with E-state index in [9.17, 15) is 14.0 Å². The molecule has 0 unspecified atom stereocenters. The van der Waals surface area contributed by atoms with Crippen molar-refractivity contribution in [2.75, 3.05) is 0 Å². The molecule has 5 heteroatoms. The Morgan fingerprint density at radius 1 is 1.33 bits per heavy atom. The Morgan fingerprint density at radius 2 is 1.94 bits per heavy atom. The van der Waals surface area contributed by atoms with Crippen LogP contribution in [0.3, 0.4) is 0 Å². The normalized spacial score (nSPS) is 12.3. The molecule has 0 aromatic heterocycles. The van der Waals surface area contributed by atoms with E-state index in [2.05, 4.69) is 5.32 Å². The minimum absolute atomic E-state index is 0.137. The molecule has 2 N–H and O–H groups in total. The summed E-state index contributed by atoms with van der Waals surface area (Å²) in [4.78, 5) is 22.8. The average molecular weight is 253 g/mol. The van der Waals surface area contributed by atoms with Crippen LogP contribution in [0.4, 0.5) is 4.39 Å². The van der Waals surface area contributed by atoms with E-state index in [0.717, 1.165) is 0 Å². The summed E-state index contributed by atoms with van der Waals surface area (Å²) in [6.07, 6.45) is 0. The lowest BCUT2D eigenvalue weighted by atomic mass is 10.0. The summed E-state index contributed by atoms with van der Waals surface area (Å²) in [6.45, 7) is 4.89. The molecule has 0 aliphatic heterocycles. The van der Waals surface area contributed by atoms with E-state index in [0.29, 0.717) is 5.56 Å². The SMILES string of the molecule is Cc1cccc(C(=O)N[C@@H](C(=O)O)C(C)C)c1F. The van der Waals surface area contributed by atoms with Crippen LogP contribution in [0.1, 0.15) is 29.8 Å². The summed E-state index contributed by atoms with van der Waals surface area (Å²) in [5.74, 6) is -2.74. The quantitative estimate of drug-likeness (QED) is 0.862. The Morgan fingerprint density at radius 3 is 2.44 bits per heavy atom. The highest BCUT2D eigenvalue weighted by Gasteiger charge is 2.25. The number of halogens is 1. The van der Waals surface area contributed by atoms with Crippen molar-refractivity contribution in [3.05, 3.63) is 35.1 Å². The molecule has 0 saturated carbocycles. The lowest BCUT2D eigenvalue weighted by Gasteiger charge is -2.18. The van der Waals surface area contributed by atoms with Crippen molar-refractivity contribution in [1.29, 1.82) is 0 Å². The van der Waals surface area contributed by atoms with Crippen molar-refractivity contribution in [3.63, 3.8) is 0 Å². The number of amides is 1. The number of aliphatic carboxylic acids is 1. The maximum absolute atomic E-state index is 13.7. The summed E-state index contributed by atoms with van der Waals surface area (Å²) < 4.78 is 13.7. The van der Waals surface area contributed by atoms with Crippen LogP contribution in [0.5, 0.6) is 0 Å². The molecule has 4 nitrogen and oxygen atoms in total. The Kier molecular flexibility index (Phi) is 4.42. The average Bonchev–Trinajstić information content (AvgIpc) is 2.28. The van der Waals surface area contributed by atoms with E-state index in [4.69, 9.17) is 5.11 Å². The lowest BCUT2D eigenvalue weighted by molar-refractivity contribution is -0.140. The highest BCUT2D eigenvalue weighted by Crippen LogP contribution is 2.12. The third kappa shape index (κ3) is 3.06. The molecule has 0 fully saturated rings. The van der Waals surface area contributed by atoms with Gasteiger partial charge in [0.2, 0.25) is 0 Å². The number of carbonyl (C=O) groups is 2. The van der Waals surface area contributed by atoms with Crippen molar-refractivity contribution in [2.45, 2.75) is 26.8 Å². The number of benzene rings is 1. The molecule has 1 aromatic rings. The van der Waals surface area contributed by atoms with E-state index in [1.807, 2.05) is 0 Å². The smallest absolute Gasteiger partial charge is 0.326 e. The van der Waals surface area contributed by atoms with E-state index >= 15 is 0 Å². The maximum Gasteiger partial charge on any atom is 0.326 e. The van der Waals surface area contributed by atoms with Gasteiger partial charge in [0.25, 0.3) is 5.91 Å². The molecule has 0 spiro atoms. The number of hydrogen-bond donors (Lipinski definition) is 2. The fourth-order valence-corrected chi connectivity index (χ4v) is 1.56. The summed E-state index contributed by atoms with van der Waals surface area (Å²) >= 11 is 0. The van der Waals surface area contributed by atoms with Gasteiger partial charge in [0.05, 0.1) is 5.56 Å². The second-order valence-electron chi connectivity index (χ2n) is 4.47. The van der Waals surface area contributed by atoms with Crippen LogP contribution in [-0.2, 0) is 4.79 Å². The van der Waals surface area contributed by atoms with Gasteiger partial charge in [0, 0.05) is 0 Å². The molecule has 0 saturated heterocycles. The van der Waals surface area contributed by atoms with Crippen molar-refractivity contribution in [2.24, 2.45) is 5.92 Å². The first-order valence-corrected chi connectivity index (χ1v) is 5.63. The fourth-order valence-electron chi connectivity index (χ4n) is 1.56. The topological polar surface area (TPSA) is 66.4 Å². The van der Waals surface area contributed by atoms with Crippen molar-refractivity contribution < 1.29 is 19.1 Å². The zero-order chi connectivity index (χ0) is 13.9. The highest BCUT2D eigenvalue weighted by molar-refractivity contribution is 5.97. The standard InChI is InChI=1S/C13H16FNO3/c1-7(2)11(13(17)18)15-12(16)9-6-4-5-8(3)10(9)14/h4-7,11H,1-3H3,(H,15,16)(H,17,18)/t11-/m1/s1. The third-order valence-electron chi connectivity index (χ3n) is 2.66. The summed E-state index contributed by atoms with van der Waals surface area (Å²) in [7, 11) is 0. The van der Waals surface area contributed by atoms with Crippen LogP contribution in [0.25, 0.3) is 0 Å². The van der Waals surface area contributed by atoms with Crippen LogP contribution in [0.15, 0.2) is 18.2 Å². The van der Waals surface area contributed by atoms with Gasteiger partial charge in [-0.15, -0.1) is 0 Å². The first kappa shape index (κ1) is 14.2. The van der Waals surface area contributed by atoms with Crippen LogP contribution in [0.2, 0.25) is 0 Å². The molecule has 0 heterocycles. The molecule has 98 valence electrons. The van der Waals surface area contributed by atoms with E-state index in [1.165, 1.54) is 6.07 Å². The molecule has 1 aromatic carbocycles. The zero-order valence-electron chi connectivity index (χ0n) is 10.5. The number of carbonyl (C=O) groups excluding carboxylic acids is 1. The monoisotopic (exact) mass is 253 g/mol. The Labute approximate surface area is 105 Å². The van der Waals surface area contributed by atoms with Gasteiger partial charge in [0.15, 0.2) is 0 Å². The van der Waals surface area contributed by atoms with Gasteiger partial charge >= 0.3 is 5.97 Å². The molecule has 0 aliphatic carbocycles. The second-order valence-corrected chi connectivity index (χ2v) is 4.47. The predicted molar refractivity (Wildman–Crippen MR) is 64.9 cm³/mol. The van der Waals surface area contributed by atoms with Gasteiger partial charge in [-0.25, -0.2) is 9.18 Å². The molecule has 1 atom stereocenters. The summed E-state index contributed by atoms with van der Waals surface area (Å²) in [6, 6.07) is 3.40. The van der Waals surface area contributed by atoms with E-state index in [1.54, 1.807) is 32.9 Å². The Hall–Kier alpha value is -1.91. The maximum atomic E-state index is 13.7. The summed E-state index contributed by atoms with van der Waals surface area (Å²) in [5, 5.41) is 11.3. The van der Waals surface area contributed by atoms with Gasteiger partial charge in [-0.1, -0.05) is 26.0 Å². The van der Waals surface area contributed by atoms with Gasteiger partial charge in [-0.3, -0.25) is 4.79 Å². The van der Waals surface area contributed by atoms with Crippen molar-refractivity contribution >= 4 is 11.9 Å².